The van der Waals surface area contributed by atoms with Crippen molar-refractivity contribution in [3.8, 4) is 5.75 Å². The minimum absolute atomic E-state index is 0.234. The van der Waals surface area contributed by atoms with E-state index >= 15 is 0 Å². The molecule has 3 rings (SSSR count). The number of nitrogens with zero attached hydrogens (tertiary/aromatic N) is 1. The van der Waals surface area contributed by atoms with Crippen LogP contribution in [0.1, 0.15) is 17.5 Å². The molecular weight excluding hydrogens is 385 g/mol. The summed E-state index contributed by atoms with van der Waals surface area (Å²) in [6, 6.07) is 12.6. The first kappa shape index (κ1) is 18.4. The van der Waals surface area contributed by atoms with Gasteiger partial charge in [0.25, 0.3) is 0 Å². The zero-order chi connectivity index (χ0) is 17.5. The summed E-state index contributed by atoms with van der Waals surface area (Å²) in [6.07, 6.45) is 2.03. The van der Waals surface area contributed by atoms with Crippen molar-refractivity contribution in [3.63, 3.8) is 0 Å². The number of hydrogen-bond acceptors (Lipinski definition) is 3. The van der Waals surface area contributed by atoms with Gasteiger partial charge in [-0.2, -0.15) is 0 Å². The number of rotatable bonds is 7. The summed E-state index contributed by atoms with van der Waals surface area (Å²) in [5.41, 5.74) is 2.02. The third-order valence-electron chi connectivity index (χ3n) is 4.33. The molecule has 1 aliphatic rings. The normalized spacial score (nSPS) is 15.3. The molecule has 0 spiro atoms. The molecule has 25 heavy (non-hydrogen) atoms. The van der Waals surface area contributed by atoms with Crippen molar-refractivity contribution in [2.75, 3.05) is 32.8 Å². The minimum atomic E-state index is -0.234. The lowest BCUT2D eigenvalue weighted by Gasteiger charge is -2.26. The van der Waals surface area contributed by atoms with Crippen molar-refractivity contribution >= 4 is 15.9 Å². The lowest BCUT2D eigenvalue weighted by molar-refractivity contribution is 0.0374. The van der Waals surface area contributed by atoms with E-state index in [1.54, 1.807) is 6.07 Å². The van der Waals surface area contributed by atoms with E-state index in [4.69, 9.17) is 9.47 Å². The summed E-state index contributed by atoms with van der Waals surface area (Å²) in [6.45, 7) is 5.13. The largest absolute Gasteiger partial charge is 0.489 e. The molecule has 134 valence electrons. The standard InChI is InChI=1S/C20H23BrFNO2/c21-18-6-7-20(25-15-16-3-1-5-19(22)13-16)17(14-18)4-2-8-23-9-11-24-12-10-23/h1,3,5-7,13-14H,2,4,8-12,15H2. The summed E-state index contributed by atoms with van der Waals surface area (Å²) in [7, 11) is 0. The Hall–Kier alpha value is -1.43. The van der Waals surface area contributed by atoms with Crippen molar-refractivity contribution < 1.29 is 13.9 Å². The van der Waals surface area contributed by atoms with Crippen LogP contribution in [0.3, 0.4) is 0 Å². The second kappa shape index (κ2) is 9.32. The molecule has 1 fully saturated rings. The molecule has 5 heteroatoms. The average molecular weight is 408 g/mol. The highest BCUT2D eigenvalue weighted by Gasteiger charge is 2.11. The fourth-order valence-corrected chi connectivity index (χ4v) is 3.40. The van der Waals surface area contributed by atoms with Gasteiger partial charge in [0.15, 0.2) is 0 Å². The number of morpholine rings is 1. The Morgan fingerprint density at radius 3 is 2.76 bits per heavy atom. The number of benzene rings is 2. The molecule has 2 aromatic carbocycles. The van der Waals surface area contributed by atoms with Gasteiger partial charge in [0.05, 0.1) is 13.2 Å². The maximum absolute atomic E-state index is 13.3. The van der Waals surface area contributed by atoms with Crippen LogP contribution in [-0.4, -0.2) is 37.7 Å². The zero-order valence-corrected chi connectivity index (χ0v) is 15.8. The third-order valence-corrected chi connectivity index (χ3v) is 4.82. The van der Waals surface area contributed by atoms with Gasteiger partial charge in [0.1, 0.15) is 18.2 Å². The minimum Gasteiger partial charge on any atom is -0.489 e. The van der Waals surface area contributed by atoms with Gasteiger partial charge in [-0.1, -0.05) is 28.1 Å². The molecule has 0 aromatic heterocycles. The molecular formula is C20H23BrFNO2. The van der Waals surface area contributed by atoms with Crippen LogP contribution < -0.4 is 4.74 Å². The van der Waals surface area contributed by atoms with Gasteiger partial charge in [0, 0.05) is 17.6 Å². The maximum Gasteiger partial charge on any atom is 0.123 e. The highest BCUT2D eigenvalue weighted by molar-refractivity contribution is 9.10. The molecule has 2 aromatic rings. The highest BCUT2D eigenvalue weighted by atomic mass is 79.9. The average Bonchev–Trinajstić information content (AvgIpc) is 2.62. The summed E-state index contributed by atoms with van der Waals surface area (Å²) in [5.74, 6) is 0.636. The lowest BCUT2D eigenvalue weighted by atomic mass is 10.1. The number of hydrogen-bond donors (Lipinski definition) is 0. The van der Waals surface area contributed by atoms with Gasteiger partial charge >= 0.3 is 0 Å². The van der Waals surface area contributed by atoms with Crippen molar-refractivity contribution in [1.82, 2.24) is 4.90 Å². The third kappa shape index (κ3) is 5.80. The Kier molecular flexibility index (Phi) is 6.84. The molecule has 0 amide bonds. The maximum atomic E-state index is 13.3. The van der Waals surface area contributed by atoms with Gasteiger partial charge in [-0.25, -0.2) is 4.39 Å². The van der Waals surface area contributed by atoms with E-state index in [0.717, 1.165) is 61.5 Å². The summed E-state index contributed by atoms with van der Waals surface area (Å²) < 4.78 is 25.7. The fourth-order valence-electron chi connectivity index (χ4n) is 2.99. The number of ether oxygens (including phenoxy) is 2. The molecule has 1 heterocycles. The Bertz CT molecular complexity index is 689. The molecule has 0 radical (unpaired) electrons. The topological polar surface area (TPSA) is 21.7 Å². The van der Waals surface area contributed by atoms with E-state index in [1.807, 2.05) is 18.2 Å². The summed E-state index contributed by atoms with van der Waals surface area (Å²) in [4.78, 5) is 2.44. The van der Waals surface area contributed by atoms with Gasteiger partial charge in [-0.05, 0) is 60.8 Å². The predicted molar refractivity (Wildman–Crippen MR) is 100 cm³/mol. The van der Waals surface area contributed by atoms with Gasteiger partial charge in [0.2, 0.25) is 0 Å². The Morgan fingerprint density at radius 2 is 1.96 bits per heavy atom. The van der Waals surface area contributed by atoms with Crippen LogP contribution in [0.5, 0.6) is 5.75 Å². The van der Waals surface area contributed by atoms with Crippen molar-refractivity contribution in [3.05, 3.63) is 63.9 Å². The fraction of sp³-hybridized carbons (Fsp3) is 0.400. The molecule has 0 atom stereocenters. The van der Waals surface area contributed by atoms with E-state index in [-0.39, 0.29) is 5.82 Å². The van der Waals surface area contributed by atoms with Crippen LogP contribution >= 0.6 is 15.9 Å². The molecule has 1 saturated heterocycles. The molecule has 3 nitrogen and oxygen atoms in total. The van der Waals surface area contributed by atoms with E-state index in [0.29, 0.717) is 6.61 Å². The molecule has 0 unspecified atom stereocenters. The predicted octanol–water partition coefficient (Wildman–Crippen LogP) is 4.43. The van der Waals surface area contributed by atoms with E-state index in [1.165, 1.54) is 17.7 Å². The van der Waals surface area contributed by atoms with Crippen molar-refractivity contribution in [2.24, 2.45) is 0 Å². The van der Waals surface area contributed by atoms with E-state index < -0.39 is 0 Å². The van der Waals surface area contributed by atoms with Crippen LogP contribution in [0.25, 0.3) is 0 Å². The smallest absolute Gasteiger partial charge is 0.123 e. The summed E-state index contributed by atoms with van der Waals surface area (Å²) in [5, 5.41) is 0. The summed E-state index contributed by atoms with van der Waals surface area (Å²) >= 11 is 3.54. The second-order valence-electron chi connectivity index (χ2n) is 6.23. The van der Waals surface area contributed by atoms with Gasteiger partial charge < -0.3 is 9.47 Å². The number of halogens is 2. The highest BCUT2D eigenvalue weighted by Crippen LogP contribution is 2.25. The van der Waals surface area contributed by atoms with Crippen molar-refractivity contribution in [2.45, 2.75) is 19.4 Å². The van der Waals surface area contributed by atoms with Crippen LogP contribution in [0.2, 0.25) is 0 Å². The first-order chi connectivity index (χ1) is 12.2. The van der Waals surface area contributed by atoms with E-state index in [9.17, 15) is 4.39 Å². The molecule has 0 aliphatic carbocycles. The Morgan fingerprint density at radius 1 is 1.12 bits per heavy atom. The first-order valence-electron chi connectivity index (χ1n) is 8.66. The van der Waals surface area contributed by atoms with Crippen LogP contribution in [0.15, 0.2) is 46.9 Å². The SMILES string of the molecule is Fc1cccc(COc2ccc(Br)cc2CCCN2CCOCC2)c1. The van der Waals surface area contributed by atoms with Crippen LogP contribution in [0.4, 0.5) is 4.39 Å². The Balaban J connectivity index is 1.57. The van der Waals surface area contributed by atoms with Gasteiger partial charge in [-0.15, -0.1) is 0 Å². The van der Waals surface area contributed by atoms with Crippen molar-refractivity contribution in [1.29, 1.82) is 0 Å². The molecule has 0 saturated carbocycles. The Labute approximate surface area is 156 Å². The zero-order valence-electron chi connectivity index (χ0n) is 14.2. The molecule has 0 bridgehead atoms. The molecule has 0 N–H and O–H groups in total. The lowest BCUT2D eigenvalue weighted by Crippen LogP contribution is -2.36. The van der Waals surface area contributed by atoms with Crippen LogP contribution in [0, 0.1) is 5.82 Å². The number of aryl methyl sites for hydroxylation is 1. The molecule has 1 aliphatic heterocycles. The van der Waals surface area contributed by atoms with E-state index in [2.05, 4.69) is 26.9 Å². The first-order valence-corrected chi connectivity index (χ1v) is 9.46. The quantitative estimate of drug-likeness (QED) is 0.677. The van der Waals surface area contributed by atoms with Crippen LogP contribution in [-0.2, 0) is 17.8 Å². The van der Waals surface area contributed by atoms with Gasteiger partial charge in [-0.3, -0.25) is 4.90 Å². The second-order valence-corrected chi connectivity index (χ2v) is 7.14. The monoisotopic (exact) mass is 407 g/mol.